The van der Waals surface area contributed by atoms with Gasteiger partial charge >= 0.3 is 5.97 Å². The summed E-state index contributed by atoms with van der Waals surface area (Å²) in [5.41, 5.74) is 1.55. The van der Waals surface area contributed by atoms with Crippen LogP contribution in [0.25, 0.3) is 10.7 Å². The van der Waals surface area contributed by atoms with E-state index in [1.54, 1.807) is 36.7 Å². The predicted octanol–water partition coefficient (Wildman–Crippen LogP) is 3.24. The molecule has 3 aromatic heterocycles. The first-order valence-electron chi connectivity index (χ1n) is 7.42. The maximum absolute atomic E-state index is 12.2. The molecule has 130 valence electrons. The first-order chi connectivity index (χ1) is 12.6. The second-order valence-electron chi connectivity index (χ2n) is 5.05. The summed E-state index contributed by atoms with van der Waals surface area (Å²) in [6.07, 6.45) is 1.65. The van der Waals surface area contributed by atoms with Gasteiger partial charge in [-0.3, -0.25) is 9.78 Å². The third kappa shape index (κ3) is 3.93. The van der Waals surface area contributed by atoms with Crippen LogP contribution >= 0.6 is 22.7 Å². The molecule has 0 aliphatic carbocycles. The van der Waals surface area contributed by atoms with Crippen molar-refractivity contribution in [3.05, 3.63) is 52.0 Å². The number of thiophene rings is 1. The van der Waals surface area contributed by atoms with Crippen molar-refractivity contribution in [3.8, 4) is 16.8 Å². The zero-order valence-corrected chi connectivity index (χ0v) is 15.2. The summed E-state index contributed by atoms with van der Waals surface area (Å²) in [6.45, 7) is 1.25. The van der Waals surface area contributed by atoms with E-state index in [0.29, 0.717) is 31.8 Å². The molecule has 0 saturated carbocycles. The summed E-state index contributed by atoms with van der Waals surface area (Å²) in [5.74, 6) is -1.13. The van der Waals surface area contributed by atoms with Gasteiger partial charge < -0.3 is 10.1 Å². The molecule has 1 N–H and O–H groups in total. The van der Waals surface area contributed by atoms with Crippen LogP contribution in [0.1, 0.15) is 20.9 Å². The zero-order chi connectivity index (χ0) is 18.5. The Bertz CT molecular complexity index is 989. The van der Waals surface area contributed by atoms with Gasteiger partial charge in [0.25, 0.3) is 5.91 Å². The second kappa shape index (κ2) is 7.86. The van der Waals surface area contributed by atoms with Gasteiger partial charge in [-0.25, -0.2) is 9.78 Å². The van der Waals surface area contributed by atoms with Crippen LogP contribution in [-0.2, 0) is 9.53 Å². The molecule has 3 rings (SSSR count). The number of hydrogen-bond acceptors (Lipinski definition) is 8. The highest BCUT2D eigenvalue weighted by atomic mass is 32.1. The summed E-state index contributed by atoms with van der Waals surface area (Å²) in [6, 6.07) is 9.01. The van der Waals surface area contributed by atoms with Gasteiger partial charge in [0.1, 0.15) is 21.0 Å². The number of amides is 1. The minimum Gasteiger partial charge on any atom is -0.451 e. The molecule has 0 spiro atoms. The highest BCUT2D eigenvalue weighted by Crippen LogP contribution is 2.27. The molecule has 0 bridgehead atoms. The van der Waals surface area contributed by atoms with Crippen LogP contribution in [0.15, 0.2) is 35.8 Å². The molecule has 0 aliphatic heterocycles. The first-order valence-corrected chi connectivity index (χ1v) is 9.11. The Balaban J connectivity index is 1.63. The number of nitriles is 1. The number of carbonyl (C=O) groups excluding carboxylic acids is 2. The van der Waals surface area contributed by atoms with Gasteiger partial charge in [-0.15, -0.1) is 22.7 Å². The zero-order valence-electron chi connectivity index (χ0n) is 13.6. The number of pyridine rings is 1. The van der Waals surface area contributed by atoms with E-state index in [9.17, 15) is 9.59 Å². The Hall–Kier alpha value is -3.09. The average molecular weight is 384 g/mol. The predicted molar refractivity (Wildman–Crippen MR) is 98.0 cm³/mol. The van der Waals surface area contributed by atoms with Gasteiger partial charge in [-0.1, -0.05) is 6.07 Å². The van der Waals surface area contributed by atoms with E-state index in [4.69, 9.17) is 10.00 Å². The monoisotopic (exact) mass is 384 g/mol. The molecule has 26 heavy (non-hydrogen) atoms. The number of rotatable bonds is 5. The second-order valence-corrected chi connectivity index (χ2v) is 6.96. The number of nitrogens with one attached hydrogen (secondary N) is 1. The van der Waals surface area contributed by atoms with E-state index < -0.39 is 18.5 Å². The number of hydrogen-bond donors (Lipinski definition) is 1. The lowest BCUT2D eigenvalue weighted by atomic mass is 10.3. The van der Waals surface area contributed by atoms with Crippen molar-refractivity contribution in [1.82, 2.24) is 9.97 Å². The van der Waals surface area contributed by atoms with Gasteiger partial charge in [0.05, 0.1) is 17.0 Å². The molecule has 9 heteroatoms. The van der Waals surface area contributed by atoms with Crippen molar-refractivity contribution in [2.24, 2.45) is 0 Å². The summed E-state index contributed by atoms with van der Waals surface area (Å²) < 4.78 is 5.06. The summed E-state index contributed by atoms with van der Waals surface area (Å²) in [4.78, 5) is 33.0. The highest BCUT2D eigenvalue weighted by molar-refractivity contribution is 7.17. The van der Waals surface area contributed by atoms with Gasteiger partial charge in [-0.2, -0.15) is 5.26 Å². The number of anilines is 1. The Morgan fingerprint density at radius 3 is 2.92 bits per heavy atom. The van der Waals surface area contributed by atoms with E-state index in [2.05, 4.69) is 15.3 Å². The fourth-order valence-corrected chi connectivity index (χ4v) is 3.73. The Labute approximate surface area is 156 Å². The van der Waals surface area contributed by atoms with Gasteiger partial charge in [0.2, 0.25) is 0 Å². The average Bonchev–Trinajstić information content (AvgIpc) is 3.26. The first kappa shape index (κ1) is 17.7. The van der Waals surface area contributed by atoms with Crippen LogP contribution in [0.2, 0.25) is 0 Å². The quantitative estimate of drug-likeness (QED) is 0.677. The lowest BCUT2D eigenvalue weighted by Crippen LogP contribution is -2.20. The van der Waals surface area contributed by atoms with Crippen LogP contribution in [-0.4, -0.2) is 28.5 Å². The number of aryl methyl sites for hydroxylation is 1. The molecule has 0 radical (unpaired) electrons. The molecular formula is C17H12N4O3S2. The van der Waals surface area contributed by atoms with Crippen molar-refractivity contribution in [2.45, 2.75) is 6.92 Å². The molecule has 0 fully saturated rings. The van der Waals surface area contributed by atoms with Crippen molar-refractivity contribution in [1.29, 1.82) is 5.26 Å². The van der Waals surface area contributed by atoms with Crippen molar-refractivity contribution in [2.75, 3.05) is 11.9 Å². The highest BCUT2D eigenvalue weighted by Gasteiger charge is 2.19. The van der Waals surface area contributed by atoms with E-state index in [0.717, 1.165) is 11.3 Å². The maximum atomic E-state index is 12.2. The summed E-state index contributed by atoms with van der Waals surface area (Å²) >= 11 is 2.39. The van der Waals surface area contributed by atoms with E-state index in [1.165, 1.54) is 11.3 Å². The topological polar surface area (TPSA) is 105 Å². The molecule has 0 saturated heterocycles. The smallest absolute Gasteiger partial charge is 0.350 e. The van der Waals surface area contributed by atoms with E-state index in [1.807, 2.05) is 12.1 Å². The number of thiazole rings is 1. The molecule has 1 amide bonds. The molecule has 0 aromatic carbocycles. The number of nitrogens with zero attached hydrogens (tertiary/aromatic N) is 3. The Morgan fingerprint density at radius 1 is 1.35 bits per heavy atom. The van der Waals surface area contributed by atoms with Crippen LogP contribution < -0.4 is 5.32 Å². The molecule has 0 aliphatic rings. The Morgan fingerprint density at radius 2 is 2.19 bits per heavy atom. The largest absolute Gasteiger partial charge is 0.451 e. The van der Waals surface area contributed by atoms with Gasteiger partial charge in [0.15, 0.2) is 6.61 Å². The number of ether oxygens (including phenoxy) is 1. The molecule has 3 heterocycles. The van der Waals surface area contributed by atoms with Crippen LogP contribution in [0.3, 0.4) is 0 Å². The van der Waals surface area contributed by atoms with Crippen molar-refractivity contribution < 1.29 is 14.3 Å². The molecule has 0 unspecified atom stereocenters. The number of esters is 1. The third-order valence-electron chi connectivity index (χ3n) is 3.24. The molecular weight excluding hydrogens is 372 g/mol. The SMILES string of the molecule is Cc1nc(-c2ccccn2)sc1C(=O)OCC(=O)Nc1sccc1C#N. The number of aromatic nitrogens is 2. The standard InChI is InChI=1S/C17H12N4O3S2/c1-10-14(26-16(20-10)12-4-2-3-6-19-12)17(23)24-9-13(22)21-15-11(8-18)5-7-25-15/h2-7H,9H2,1H3,(H,21,22). The van der Waals surface area contributed by atoms with Crippen LogP contribution in [0.4, 0.5) is 5.00 Å². The normalized spacial score (nSPS) is 10.2. The van der Waals surface area contributed by atoms with Gasteiger partial charge in [0, 0.05) is 6.20 Å². The summed E-state index contributed by atoms with van der Waals surface area (Å²) in [7, 11) is 0. The van der Waals surface area contributed by atoms with Crippen molar-refractivity contribution in [3.63, 3.8) is 0 Å². The maximum Gasteiger partial charge on any atom is 0.350 e. The third-order valence-corrected chi connectivity index (χ3v) is 5.23. The summed E-state index contributed by atoms with van der Waals surface area (Å²) in [5, 5.41) is 14.2. The van der Waals surface area contributed by atoms with Gasteiger partial charge in [-0.05, 0) is 30.5 Å². The van der Waals surface area contributed by atoms with Crippen molar-refractivity contribution >= 4 is 39.6 Å². The number of carbonyl (C=O) groups is 2. The molecule has 3 aromatic rings. The minimum absolute atomic E-state index is 0.326. The molecule has 7 nitrogen and oxygen atoms in total. The fourth-order valence-electron chi connectivity index (χ4n) is 2.04. The minimum atomic E-state index is -0.621. The van der Waals surface area contributed by atoms with Crippen LogP contribution in [0.5, 0.6) is 0 Å². The lowest BCUT2D eigenvalue weighted by molar-refractivity contribution is -0.119. The fraction of sp³-hybridized carbons (Fsp3) is 0.118. The van der Waals surface area contributed by atoms with E-state index >= 15 is 0 Å². The molecule has 0 atom stereocenters. The van der Waals surface area contributed by atoms with E-state index in [-0.39, 0.29) is 0 Å². The Kier molecular flexibility index (Phi) is 5.36. The lowest BCUT2D eigenvalue weighted by Gasteiger charge is -2.04. The van der Waals surface area contributed by atoms with Crippen LogP contribution in [0, 0.1) is 18.3 Å².